The van der Waals surface area contributed by atoms with Crippen LogP contribution in [0.15, 0.2) is 0 Å². The number of amides is 1. The van der Waals surface area contributed by atoms with Crippen molar-refractivity contribution >= 4 is 5.91 Å². The first-order valence-electron chi connectivity index (χ1n) is 3.23. The van der Waals surface area contributed by atoms with Gasteiger partial charge in [-0.3, -0.25) is 4.79 Å². The van der Waals surface area contributed by atoms with Crippen LogP contribution in [-0.4, -0.2) is 18.6 Å². The molecule has 0 bridgehead atoms. The van der Waals surface area contributed by atoms with E-state index in [1.54, 1.807) is 0 Å². The van der Waals surface area contributed by atoms with Crippen LogP contribution in [0.25, 0.3) is 0 Å². The van der Waals surface area contributed by atoms with Gasteiger partial charge in [-0.25, -0.2) is 0 Å². The fourth-order valence-corrected chi connectivity index (χ4v) is 0.565. The minimum absolute atomic E-state index is 0.188. The summed E-state index contributed by atoms with van der Waals surface area (Å²) in [6.07, 6.45) is -2.24. The summed E-state index contributed by atoms with van der Waals surface area (Å²) in [5.41, 5.74) is 0. The van der Waals surface area contributed by atoms with Crippen molar-refractivity contribution in [2.24, 2.45) is 0 Å². The second-order valence-corrected chi connectivity index (χ2v) is 2.23. The lowest BCUT2D eigenvalue weighted by atomic mass is 10.4. The first-order valence-corrected chi connectivity index (χ1v) is 3.23. The van der Waals surface area contributed by atoms with E-state index in [1.165, 1.54) is 0 Å². The van der Waals surface area contributed by atoms with Gasteiger partial charge >= 0.3 is 6.18 Å². The van der Waals surface area contributed by atoms with Gasteiger partial charge in [0.15, 0.2) is 0 Å². The molecular formula is C6H10F3NO. The molecule has 66 valence electrons. The van der Waals surface area contributed by atoms with E-state index in [4.69, 9.17) is 0 Å². The number of halogens is 3. The van der Waals surface area contributed by atoms with E-state index in [2.05, 4.69) is 5.32 Å². The number of hydrogen-bond donors (Lipinski definition) is 1. The predicted octanol–water partition coefficient (Wildman–Crippen LogP) is 1.47. The molecule has 0 unspecified atom stereocenters. The van der Waals surface area contributed by atoms with Crippen molar-refractivity contribution in [2.45, 2.75) is 25.9 Å². The van der Waals surface area contributed by atoms with Crippen molar-refractivity contribution in [1.29, 1.82) is 0 Å². The Morgan fingerprint density at radius 1 is 1.45 bits per heavy atom. The molecule has 0 aromatic rings. The van der Waals surface area contributed by atoms with Crippen LogP contribution in [0.2, 0.25) is 0 Å². The van der Waals surface area contributed by atoms with Crippen molar-refractivity contribution in [1.82, 2.24) is 5.32 Å². The third-order valence-electron chi connectivity index (χ3n) is 0.903. The van der Waals surface area contributed by atoms with E-state index < -0.39 is 6.18 Å². The van der Waals surface area contributed by atoms with Crippen LogP contribution in [0.1, 0.15) is 19.8 Å². The SMILES string of the molecule is CC(F)(F)F.O=C1CCCN1. The molecule has 1 amide bonds. The van der Waals surface area contributed by atoms with Gasteiger partial charge in [-0.05, 0) is 6.42 Å². The maximum absolute atomic E-state index is 10.4. The molecule has 1 aliphatic rings. The zero-order valence-electron chi connectivity index (χ0n) is 6.16. The van der Waals surface area contributed by atoms with E-state index in [0.717, 1.165) is 19.4 Å². The third kappa shape index (κ3) is 12.5. The fraction of sp³-hybridized carbons (Fsp3) is 0.833. The Kier molecular flexibility index (Phi) is 3.92. The Labute approximate surface area is 62.8 Å². The highest BCUT2D eigenvalue weighted by Crippen LogP contribution is 2.10. The first kappa shape index (κ1) is 10.3. The number of alkyl halides is 3. The monoisotopic (exact) mass is 169 g/mol. The Morgan fingerprint density at radius 2 is 1.91 bits per heavy atom. The van der Waals surface area contributed by atoms with Gasteiger partial charge in [0, 0.05) is 19.9 Å². The summed E-state index contributed by atoms with van der Waals surface area (Å²) >= 11 is 0. The lowest BCUT2D eigenvalue weighted by Gasteiger charge is -1.88. The van der Waals surface area contributed by atoms with Crippen LogP contribution in [0.5, 0.6) is 0 Å². The Morgan fingerprint density at radius 3 is 2.00 bits per heavy atom. The molecule has 0 spiro atoms. The summed E-state index contributed by atoms with van der Waals surface area (Å²) in [7, 11) is 0. The molecule has 1 saturated heterocycles. The van der Waals surface area contributed by atoms with Gasteiger partial charge < -0.3 is 5.32 Å². The summed E-state index contributed by atoms with van der Waals surface area (Å²) in [6.45, 7) is 1.08. The van der Waals surface area contributed by atoms with Gasteiger partial charge in [-0.15, -0.1) is 0 Å². The molecule has 1 N–H and O–H groups in total. The standard InChI is InChI=1S/C4H7NO.C2H3F3/c6-4-2-1-3-5-4;1-2(3,4)5/h1-3H2,(H,5,6);1H3. The Balaban J connectivity index is 0.000000187. The van der Waals surface area contributed by atoms with Gasteiger partial charge in [0.2, 0.25) is 5.91 Å². The molecule has 1 aliphatic heterocycles. The van der Waals surface area contributed by atoms with E-state index in [9.17, 15) is 18.0 Å². The van der Waals surface area contributed by atoms with Gasteiger partial charge in [-0.2, -0.15) is 13.2 Å². The van der Waals surface area contributed by atoms with E-state index in [1.807, 2.05) is 0 Å². The Bertz CT molecular complexity index is 118. The highest BCUT2D eigenvalue weighted by molar-refractivity contribution is 5.77. The van der Waals surface area contributed by atoms with Crippen LogP contribution < -0.4 is 5.32 Å². The number of carbonyl (C=O) groups is 1. The molecular weight excluding hydrogens is 159 g/mol. The predicted molar refractivity (Wildman–Crippen MR) is 34.0 cm³/mol. The number of nitrogens with one attached hydrogen (secondary N) is 1. The molecule has 0 aliphatic carbocycles. The van der Waals surface area contributed by atoms with Crippen molar-refractivity contribution in [3.63, 3.8) is 0 Å². The van der Waals surface area contributed by atoms with Crippen LogP contribution in [0, 0.1) is 0 Å². The average molecular weight is 169 g/mol. The third-order valence-corrected chi connectivity index (χ3v) is 0.903. The van der Waals surface area contributed by atoms with Crippen molar-refractivity contribution in [2.75, 3.05) is 6.54 Å². The quantitative estimate of drug-likeness (QED) is 0.584. The van der Waals surface area contributed by atoms with Crippen LogP contribution in [0.4, 0.5) is 13.2 Å². The molecule has 1 heterocycles. The van der Waals surface area contributed by atoms with Gasteiger partial charge in [0.05, 0.1) is 0 Å². The van der Waals surface area contributed by atoms with Crippen molar-refractivity contribution in [3.8, 4) is 0 Å². The van der Waals surface area contributed by atoms with Gasteiger partial charge in [0.25, 0.3) is 0 Å². The Hall–Kier alpha value is -0.740. The molecule has 0 saturated carbocycles. The van der Waals surface area contributed by atoms with Crippen molar-refractivity contribution in [3.05, 3.63) is 0 Å². The molecule has 11 heavy (non-hydrogen) atoms. The first-order chi connectivity index (χ1) is 4.89. The summed E-state index contributed by atoms with van der Waals surface area (Å²) in [5.74, 6) is 0.204. The molecule has 1 fully saturated rings. The summed E-state index contributed by atoms with van der Waals surface area (Å²) in [5, 5.41) is 2.68. The molecule has 0 aromatic carbocycles. The minimum atomic E-state index is -4.00. The number of hydrogen-bond acceptors (Lipinski definition) is 1. The van der Waals surface area contributed by atoms with E-state index >= 15 is 0 Å². The molecule has 2 nitrogen and oxygen atoms in total. The maximum Gasteiger partial charge on any atom is 0.386 e. The number of rotatable bonds is 0. The van der Waals surface area contributed by atoms with E-state index in [0.29, 0.717) is 0 Å². The lowest BCUT2D eigenvalue weighted by molar-refractivity contribution is -0.119. The average Bonchev–Trinajstić information content (AvgIpc) is 2.12. The van der Waals surface area contributed by atoms with E-state index in [-0.39, 0.29) is 12.8 Å². The second kappa shape index (κ2) is 4.20. The number of carbonyl (C=O) groups excluding carboxylic acids is 1. The summed E-state index contributed by atoms with van der Waals surface area (Å²) in [4.78, 5) is 10.1. The van der Waals surface area contributed by atoms with Crippen LogP contribution in [-0.2, 0) is 4.79 Å². The maximum atomic E-state index is 10.4. The van der Waals surface area contributed by atoms with Gasteiger partial charge in [-0.1, -0.05) is 0 Å². The molecule has 0 aromatic heterocycles. The normalized spacial score (nSPS) is 16.9. The van der Waals surface area contributed by atoms with Crippen LogP contribution in [0.3, 0.4) is 0 Å². The molecule has 5 heteroatoms. The highest BCUT2D eigenvalue weighted by Gasteiger charge is 2.15. The zero-order valence-corrected chi connectivity index (χ0v) is 6.16. The lowest BCUT2D eigenvalue weighted by Crippen LogP contribution is -2.12. The van der Waals surface area contributed by atoms with Gasteiger partial charge in [0.1, 0.15) is 0 Å². The highest BCUT2D eigenvalue weighted by atomic mass is 19.4. The molecule has 1 rings (SSSR count). The van der Waals surface area contributed by atoms with Crippen molar-refractivity contribution < 1.29 is 18.0 Å². The zero-order chi connectivity index (χ0) is 8.91. The fourth-order valence-electron chi connectivity index (χ4n) is 0.565. The molecule has 0 radical (unpaired) electrons. The smallest absolute Gasteiger partial charge is 0.356 e. The molecule has 0 atom stereocenters. The largest absolute Gasteiger partial charge is 0.386 e. The van der Waals surface area contributed by atoms with Crippen LogP contribution >= 0.6 is 0 Å². The minimum Gasteiger partial charge on any atom is -0.356 e. The topological polar surface area (TPSA) is 29.1 Å². The summed E-state index contributed by atoms with van der Waals surface area (Å²) < 4.78 is 31.1. The second-order valence-electron chi connectivity index (χ2n) is 2.23. The summed E-state index contributed by atoms with van der Waals surface area (Å²) in [6, 6.07) is 0.